The van der Waals surface area contributed by atoms with E-state index in [-0.39, 0.29) is 24.3 Å². The molecule has 0 saturated carbocycles. The van der Waals surface area contributed by atoms with Crippen molar-refractivity contribution in [3.05, 3.63) is 21.9 Å². The van der Waals surface area contributed by atoms with Crippen LogP contribution in [0.15, 0.2) is 12.1 Å². The lowest BCUT2D eigenvalue weighted by Gasteiger charge is -2.21. The second-order valence-electron chi connectivity index (χ2n) is 4.95. The molecule has 1 heterocycles. The van der Waals surface area contributed by atoms with Crippen LogP contribution in [0.1, 0.15) is 23.6 Å². The van der Waals surface area contributed by atoms with Crippen LogP contribution in [0.2, 0.25) is 0 Å². The predicted molar refractivity (Wildman–Crippen MR) is 79.5 cm³/mol. The Balaban J connectivity index is 2.53. The Bertz CT molecular complexity index is 457. The van der Waals surface area contributed by atoms with Crippen LogP contribution in [-0.4, -0.2) is 31.6 Å². The highest BCUT2D eigenvalue weighted by molar-refractivity contribution is 7.11. The van der Waals surface area contributed by atoms with Gasteiger partial charge in [-0.2, -0.15) is 0 Å². The summed E-state index contributed by atoms with van der Waals surface area (Å²) in [6, 6.07) is 3.47. The smallest absolute Gasteiger partial charge is 0.246 e. The summed E-state index contributed by atoms with van der Waals surface area (Å²) in [6.07, 6.45) is 0. The van der Waals surface area contributed by atoms with Gasteiger partial charge in [0, 0.05) is 16.9 Å². The fourth-order valence-corrected chi connectivity index (χ4v) is 2.58. The van der Waals surface area contributed by atoms with E-state index in [1.165, 1.54) is 12.0 Å². The molecule has 1 aromatic heterocycles. The van der Waals surface area contributed by atoms with Crippen molar-refractivity contribution >= 4 is 23.2 Å². The number of nitrogens with one attached hydrogen (secondary N) is 2. The molecule has 112 valence electrons. The van der Waals surface area contributed by atoms with E-state index in [1.807, 2.05) is 32.9 Å². The van der Waals surface area contributed by atoms with Gasteiger partial charge in [0.05, 0.1) is 6.54 Å². The van der Waals surface area contributed by atoms with Gasteiger partial charge in [0.25, 0.3) is 0 Å². The second-order valence-corrected chi connectivity index (χ2v) is 6.32. The van der Waals surface area contributed by atoms with E-state index in [0.717, 1.165) is 4.88 Å². The monoisotopic (exact) mass is 298 g/mol. The van der Waals surface area contributed by atoms with Crippen LogP contribution in [-0.2, 0) is 20.9 Å². The largest absolute Gasteiger partial charge is 0.375 e. The maximum atomic E-state index is 12.1. The molecule has 0 aliphatic heterocycles. The summed E-state index contributed by atoms with van der Waals surface area (Å²) in [6.45, 7) is 6.26. The van der Waals surface area contributed by atoms with Gasteiger partial charge in [-0.1, -0.05) is 13.8 Å². The molecule has 2 amide bonds. The zero-order valence-corrected chi connectivity index (χ0v) is 13.2. The van der Waals surface area contributed by atoms with Crippen LogP contribution in [0.3, 0.4) is 0 Å². The van der Waals surface area contributed by atoms with E-state index >= 15 is 0 Å². The molecule has 0 saturated heterocycles. The quantitative estimate of drug-likeness (QED) is 0.801. The summed E-state index contributed by atoms with van der Waals surface area (Å²) in [7, 11) is 1.45. The summed E-state index contributed by atoms with van der Waals surface area (Å²) in [4.78, 5) is 26.0. The predicted octanol–water partition coefficient (Wildman–Crippen LogP) is 1.46. The highest BCUT2D eigenvalue weighted by Crippen LogP contribution is 2.14. The van der Waals surface area contributed by atoms with Gasteiger partial charge in [-0.3, -0.25) is 9.59 Å². The third-order valence-electron chi connectivity index (χ3n) is 2.77. The van der Waals surface area contributed by atoms with E-state index in [9.17, 15) is 9.59 Å². The first-order valence-electron chi connectivity index (χ1n) is 6.55. The first-order valence-corrected chi connectivity index (χ1v) is 7.37. The number of aryl methyl sites for hydroxylation is 1. The van der Waals surface area contributed by atoms with Gasteiger partial charge in [0.15, 0.2) is 0 Å². The Kier molecular flexibility index (Phi) is 6.67. The Morgan fingerprint density at radius 3 is 2.55 bits per heavy atom. The van der Waals surface area contributed by atoms with Crippen LogP contribution < -0.4 is 10.6 Å². The zero-order valence-electron chi connectivity index (χ0n) is 12.4. The Morgan fingerprint density at radius 1 is 1.35 bits per heavy atom. The molecule has 0 aliphatic rings. The van der Waals surface area contributed by atoms with Crippen molar-refractivity contribution in [3.63, 3.8) is 0 Å². The van der Waals surface area contributed by atoms with Gasteiger partial charge in [0.2, 0.25) is 11.8 Å². The molecule has 1 aromatic rings. The molecule has 0 bridgehead atoms. The first-order chi connectivity index (χ1) is 9.43. The van der Waals surface area contributed by atoms with E-state index in [1.54, 1.807) is 11.3 Å². The molecule has 0 spiro atoms. The van der Waals surface area contributed by atoms with Gasteiger partial charge in [-0.15, -0.1) is 11.3 Å². The van der Waals surface area contributed by atoms with E-state index in [2.05, 4.69) is 10.6 Å². The van der Waals surface area contributed by atoms with Gasteiger partial charge >= 0.3 is 0 Å². The van der Waals surface area contributed by atoms with E-state index in [4.69, 9.17) is 4.74 Å². The minimum absolute atomic E-state index is 0.0147. The highest BCUT2D eigenvalue weighted by atomic mass is 32.1. The molecule has 1 atom stereocenters. The molecule has 0 unspecified atom stereocenters. The summed E-state index contributed by atoms with van der Waals surface area (Å²) in [5, 5.41) is 5.54. The van der Waals surface area contributed by atoms with Crippen molar-refractivity contribution in [2.45, 2.75) is 33.4 Å². The summed E-state index contributed by atoms with van der Waals surface area (Å²) >= 11 is 1.65. The number of methoxy groups -OCH3 is 1. The third kappa shape index (κ3) is 5.30. The maximum Gasteiger partial charge on any atom is 0.246 e. The molecule has 20 heavy (non-hydrogen) atoms. The molecule has 6 heteroatoms. The molecule has 0 aromatic carbocycles. The van der Waals surface area contributed by atoms with Crippen molar-refractivity contribution in [3.8, 4) is 0 Å². The van der Waals surface area contributed by atoms with Crippen LogP contribution >= 0.6 is 11.3 Å². The number of ether oxygens (including phenoxy) is 1. The molecular weight excluding hydrogens is 276 g/mol. The number of amides is 2. The van der Waals surface area contributed by atoms with Gasteiger partial charge in [-0.25, -0.2) is 0 Å². The Morgan fingerprint density at radius 2 is 2.05 bits per heavy atom. The SMILES string of the molecule is COCC(=O)N[C@H](C(=O)NCc1ccc(C)s1)C(C)C. The van der Waals surface area contributed by atoms with Crippen molar-refractivity contribution in [2.75, 3.05) is 13.7 Å². The number of carbonyl (C=O) groups is 2. The molecule has 5 nitrogen and oxygen atoms in total. The fraction of sp³-hybridized carbons (Fsp3) is 0.571. The lowest BCUT2D eigenvalue weighted by Crippen LogP contribution is -2.50. The fourth-order valence-electron chi connectivity index (χ4n) is 1.75. The minimum Gasteiger partial charge on any atom is -0.375 e. The number of hydrogen-bond donors (Lipinski definition) is 2. The first kappa shape index (κ1) is 16.7. The van der Waals surface area contributed by atoms with Crippen molar-refractivity contribution < 1.29 is 14.3 Å². The average Bonchev–Trinajstić information content (AvgIpc) is 2.79. The topological polar surface area (TPSA) is 67.4 Å². The molecule has 0 aliphatic carbocycles. The molecule has 1 rings (SSSR count). The second kappa shape index (κ2) is 8.01. The maximum absolute atomic E-state index is 12.1. The molecule has 2 N–H and O–H groups in total. The van der Waals surface area contributed by atoms with Crippen LogP contribution in [0.25, 0.3) is 0 Å². The van der Waals surface area contributed by atoms with Crippen LogP contribution in [0.5, 0.6) is 0 Å². The number of thiophene rings is 1. The Hall–Kier alpha value is -1.40. The summed E-state index contributed by atoms with van der Waals surface area (Å²) in [5.74, 6) is -0.440. The van der Waals surface area contributed by atoms with E-state index in [0.29, 0.717) is 6.54 Å². The number of carbonyl (C=O) groups excluding carboxylic acids is 2. The summed E-state index contributed by atoms with van der Waals surface area (Å²) in [5.41, 5.74) is 0. The minimum atomic E-state index is -0.543. The Labute approximate surface area is 123 Å². The van der Waals surface area contributed by atoms with Crippen molar-refractivity contribution in [2.24, 2.45) is 5.92 Å². The zero-order chi connectivity index (χ0) is 15.1. The number of rotatable bonds is 7. The van der Waals surface area contributed by atoms with Crippen molar-refractivity contribution in [1.29, 1.82) is 0 Å². The number of hydrogen-bond acceptors (Lipinski definition) is 4. The lowest BCUT2D eigenvalue weighted by molar-refractivity contribution is -0.132. The van der Waals surface area contributed by atoms with Crippen LogP contribution in [0, 0.1) is 12.8 Å². The normalized spacial score (nSPS) is 12.2. The highest BCUT2D eigenvalue weighted by Gasteiger charge is 2.23. The molecule has 0 radical (unpaired) electrons. The van der Waals surface area contributed by atoms with E-state index < -0.39 is 6.04 Å². The molecular formula is C14H22N2O3S. The van der Waals surface area contributed by atoms with Gasteiger partial charge in [-0.05, 0) is 25.0 Å². The van der Waals surface area contributed by atoms with Gasteiger partial charge < -0.3 is 15.4 Å². The van der Waals surface area contributed by atoms with Crippen LogP contribution in [0.4, 0.5) is 0 Å². The summed E-state index contributed by atoms with van der Waals surface area (Å²) < 4.78 is 4.75. The molecule has 0 fully saturated rings. The third-order valence-corrected chi connectivity index (χ3v) is 3.77. The average molecular weight is 298 g/mol. The standard InChI is InChI=1S/C14H22N2O3S/c1-9(2)13(16-12(17)8-19-4)14(18)15-7-11-6-5-10(3)20-11/h5-6,9,13H,7-8H2,1-4H3,(H,15,18)(H,16,17)/t13-/m0/s1. The lowest BCUT2D eigenvalue weighted by atomic mass is 10.0. The van der Waals surface area contributed by atoms with Crippen molar-refractivity contribution in [1.82, 2.24) is 10.6 Å². The van der Waals surface area contributed by atoms with Gasteiger partial charge in [0.1, 0.15) is 12.6 Å².